The summed E-state index contributed by atoms with van der Waals surface area (Å²) in [5, 5.41) is 0. The molecule has 0 nitrogen and oxygen atoms in total. The number of halogens is 4. The van der Waals surface area contributed by atoms with Crippen LogP contribution in [-0.4, -0.2) is 0 Å². The number of benzene rings is 2. The van der Waals surface area contributed by atoms with Gasteiger partial charge in [0.1, 0.15) is 11.6 Å². The maximum atomic E-state index is 12.6. The van der Waals surface area contributed by atoms with Crippen molar-refractivity contribution >= 4 is 78.8 Å². The van der Waals surface area contributed by atoms with Crippen LogP contribution in [0.4, 0.5) is 8.78 Å². The van der Waals surface area contributed by atoms with Crippen molar-refractivity contribution in [3.05, 3.63) is 113 Å². The zero-order valence-electron chi connectivity index (χ0n) is 15.6. The lowest BCUT2D eigenvalue weighted by molar-refractivity contribution is 0.627. The van der Waals surface area contributed by atoms with Crippen molar-refractivity contribution in [1.82, 2.24) is 0 Å². The van der Waals surface area contributed by atoms with E-state index in [0.29, 0.717) is 0 Å². The molecule has 0 fully saturated rings. The van der Waals surface area contributed by atoms with Crippen molar-refractivity contribution in [2.45, 2.75) is 0 Å². The Morgan fingerprint density at radius 2 is 0.867 bits per heavy atom. The van der Waals surface area contributed by atoms with Gasteiger partial charge in [0.25, 0.3) is 0 Å². The molecule has 2 aromatic heterocycles. The van der Waals surface area contributed by atoms with Crippen LogP contribution in [0.2, 0.25) is 0 Å². The SMILES string of the molecule is Fc1ccc(/C=C/c2ccc(Br)s2)cc1.Fc1ccc(/C=C\c2ccc(Br)s2)cc1. The molecule has 4 rings (SSSR count). The summed E-state index contributed by atoms with van der Waals surface area (Å²) in [7, 11) is 0. The first-order valence-electron chi connectivity index (χ1n) is 8.86. The summed E-state index contributed by atoms with van der Waals surface area (Å²) in [4.78, 5) is 2.34. The fourth-order valence-electron chi connectivity index (χ4n) is 2.34. The number of rotatable bonds is 4. The lowest BCUT2D eigenvalue weighted by Crippen LogP contribution is -1.73. The van der Waals surface area contributed by atoms with E-state index >= 15 is 0 Å². The van der Waals surface area contributed by atoms with E-state index in [0.717, 1.165) is 18.7 Å². The first kappa shape index (κ1) is 22.8. The minimum Gasteiger partial charge on any atom is -0.207 e. The van der Waals surface area contributed by atoms with Gasteiger partial charge in [0.05, 0.1) is 7.57 Å². The van der Waals surface area contributed by atoms with Crippen molar-refractivity contribution in [3.63, 3.8) is 0 Å². The van der Waals surface area contributed by atoms with Crippen LogP contribution in [0.3, 0.4) is 0 Å². The quantitative estimate of drug-likeness (QED) is 0.231. The Labute approximate surface area is 199 Å². The van der Waals surface area contributed by atoms with Crippen molar-refractivity contribution in [2.75, 3.05) is 0 Å². The van der Waals surface area contributed by atoms with Gasteiger partial charge in [-0.15, -0.1) is 22.7 Å². The summed E-state index contributed by atoms with van der Waals surface area (Å²) < 4.78 is 27.5. The van der Waals surface area contributed by atoms with Crippen molar-refractivity contribution < 1.29 is 8.78 Å². The monoisotopic (exact) mass is 564 g/mol. The Morgan fingerprint density at radius 1 is 0.500 bits per heavy atom. The molecule has 0 N–H and O–H groups in total. The second-order valence-electron chi connectivity index (χ2n) is 6.05. The molecule has 2 aromatic carbocycles. The zero-order chi connectivity index (χ0) is 21.3. The fraction of sp³-hybridized carbons (Fsp3) is 0. The molecule has 0 aliphatic rings. The van der Waals surface area contributed by atoms with E-state index in [1.807, 2.05) is 48.6 Å². The van der Waals surface area contributed by atoms with Crippen LogP contribution in [0.15, 0.2) is 80.4 Å². The first-order valence-corrected chi connectivity index (χ1v) is 12.1. The van der Waals surface area contributed by atoms with Gasteiger partial charge in [-0.2, -0.15) is 0 Å². The van der Waals surface area contributed by atoms with Gasteiger partial charge < -0.3 is 0 Å². The lowest BCUT2D eigenvalue weighted by atomic mass is 10.2. The normalized spacial score (nSPS) is 11.1. The fourth-order valence-corrected chi connectivity index (χ4v) is 4.99. The minimum absolute atomic E-state index is 0.203. The molecule has 6 heteroatoms. The summed E-state index contributed by atoms with van der Waals surface area (Å²) in [5.74, 6) is -0.406. The summed E-state index contributed by atoms with van der Waals surface area (Å²) in [5.41, 5.74) is 2.00. The molecule has 4 aromatic rings. The van der Waals surface area contributed by atoms with Crippen LogP contribution in [0.25, 0.3) is 24.3 Å². The molecule has 0 aliphatic heterocycles. The second-order valence-corrected chi connectivity index (χ2v) is 11.0. The molecular weight excluding hydrogens is 550 g/mol. The highest BCUT2D eigenvalue weighted by Crippen LogP contribution is 2.24. The first-order chi connectivity index (χ1) is 14.5. The Morgan fingerprint density at radius 3 is 1.17 bits per heavy atom. The van der Waals surface area contributed by atoms with Gasteiger partial charge in [0, 0.05) is 9.75 Å². The highest BCUT2D eigenvalue weighted by atomic mass is 79.9. The van der Waals surface area contributed by atoms with E-state index in [-0.39, 0.29) is 11.6 Å². The van der Waals surface area contributed by atoms with Crippen LogP contribution in [0, 0.1) is 11.6 Å². The number of thiophene rings is 2. The molecule has 0 bridgehead atoms. The van der Waals surface area contributed by atoms with E-state index in [1.165, 1.54) is 34.0 Å². The maximum absolute atomic E-state index is 12.6. The Hall–Kier alpha value is -1.86. The number of hydrogen-bond acceptors (Lipinski definition) is 2. The molecule has 0 radical (unpaired) electrons. The predicted molar refractivity (Wildman–Crippen MR) is 135 cm³/mol. The standard InChI is InChI=1S/2C12H8BrFS/c2*13-12-8-7-11(15-12)6-3-9-1-4-10(14)5-2-9/h2*1-8H/b6-3+;6-3-. The largest absolute Gasteiger partial charge is 0.207 e. The third-order valence-electron chi connectivity index (χ3n) is 3.81. The van der Waals surface area contributed by atoms with E-state index in [2.05, 4.69) is 31.9 Å². The lowest BCUT2D eigenvalue weighted by Gasteiger charge is -1.91. The van der Waals surface area contributed by atoms with Gasteiger partial charge in [-0.3, -0.25) is 0 Å². The summed E-state index contributed by atoms with van der Waals surface area (Å²) in [6.45, 7) is 0. The highest BCUT2D eigenvalue weighted by molar-refractivity contribution is 9.11. The Balaban J connectivity index is 0.000000171. The van der Waals surface area contributed by atoms with Crippen LogP contribution < -0.4 is 0 Å². The molecule has 2 heterocycles. The second kappa shape index (κ2) is 11.5. The Kier molecular flexibility index (Phi) is 8.75. The van der Waals surface area contributed by atoms with Crippen molar-refractivity contribution in [3.8, 4) is 0 Å². The number of hydrogen-bond donors (Lipinski definition) is 0. The van der Waals surface area contributed by atoms with Gasteiger partial charge in [-0.05, 0) is 104 Å². The van der Waals surface area contributed by atoms with Crippen LogP contribution >= 0.6 is 54.5 Å². The van der Waals surface area contributed by atoms with E-state index < -0.39 is 0 Å². The third-order valence-corrected chi connectivity index (χ3v) is 6.99. The zero-order valence-corrected chi connectivity index (χ0v) is 20.4. The van der Waals surface area contributed by atoms with Gasteiger partial charge >= 0.3 is 0 Å². The van der Waals surface area contributed by atoms with Crippen molar-refractivity contribution in [1.29, 1.82) is 0 Å². The van der Waals surface area contributed by atoms with Gasteiger partial charge in [-0.25, -0.2) is 8.78 Å². The van der Waals surface area contributed by atoms with Crippen LogP contribution in [-0.2, 0) is 0 Å². The van der Waals surface area contributed by atoms with Crippen LogP contribution in [0.1, 0.15) is 20.9 Å². The molecule has 0 spiro atoms. The molecule has 0 saturated carbocycles. The molecule has 0 saturated heterocycles. The highest BCUT2D eigenvalue weighted by Gasteiger charge is 1.94. The molecular formula is C24H16Br2F2S2. The van der Waals surface area contributed by atoms with E-state index in [4.69, 9.17) is 0 Å². The topological polar surface area (TPSA) is 0 Å². The van der Waals surface area contributed by atoms with E-state index in [9.17, 15) is 8.78 Å². The average molecular weight is 566 g/mol. The summed E-state index contributed by atoms with van der Waals surface area (Å²) >= 11 is 10.1. The Bertz CT molecular complexity index is 1030. The predicted octanol–water partition coefficient (Wildman–Crippen LogP) is 9.64. The van der Waals surface area contributed by atoms with Crippen molar-refractivity contribution in [2.24, 2.45) is 0 Å². The average Bonchev–Trinajstić information content (AvgIpc) is 3.35. The third kappa shape index (κ3) is 7.76. The molecule has 0 aliphatic carbocycles. The molecule has 30 heavy (non-hydrogen) atoms. The van der Waals surface area contributed by atoms with Gasteiger partial charge in [-0.1, -0.05) is 36.4 Å². The van der Waals surface area contributed by atoms with Crippen LogP contribution in [0.5, 0.6) is 0 Å². The minimum atomic E-state index is -0.203. The van der Waals surface area contributed by atoms with Gasteiger partial charge in [0.2, 0.25) is 0 Å². The molecule has 0 unspecified atom stereocenters. The molecule has 0 amide bonds. The summed E-state index contributed by atoms with van der Waals surface area (Å²) in [6, 6.07) is 21.0. The van der Waals surface area contributed by atoms with E-state index in [1.54, 1.807) is 46.9 Å². The smallest absolute Gasteiger partial charge is 0.123 e. The molecule has 0 atom stereocenters. The summed E-state index contributed by atoms with van der Waals surface area (Å²) in [6.07, 6.45) is 7.97. The maximum Gasteiger partial charge on any atom is 0.123 e. The molecule has 152 valence electrons. The van der Waals surface area contributed by atoms with Gasteiger partial charge in [0.15, 0.2) is 0 Å².